The molecule has 0 saturated carbocycles. The summed E-state index contributed by atoms with van der Waals surface area (Å²) in [5.41, 5.74) is 0. The molecule has 5 heteroatoms. The van der Waals surface area contributed by atoms with Crippen molar-refractivity contribution in [3.8, 4) is 0 Å². The summed E-state index contributed by atoms with van der Waals surface area (Å²) in [5, 5.41) is 3.08. The van der Waals surface area contributed by atoms with E-state index >= 15 is 0 Å². The molecule has 2 N–H and O–H groups in total. The van der Waals surface area contributed by atoms with Crippen LogP contribution >= 0.6 is 0 Å². The van der Waals surface area contributed by atoms with Gasteiger partial charge in [-0.1, -0.05) is 0 Å². The topological polar surface area (TPSA) is 57.8 Å². The van der Waals surface area contributed by atoms with E-state index in [1.165, 1.54) is 0 Å². The maximum atomic E-state index is 10.7. The van der Waals surface area contributed by atoms with E-state index in [4.69, 9.17) is 0 Å². The number of H-pyrrole nitrogens is 1. The molecule has 1 aromatic heterocycles. The number of imidazole rings is 1. The highest BCUT2D eigenvalue weighted by Crippen LogP contribution is 1.94. The van der Waals surface area contributed by atoms with Crippen LogP contribution in [0.1, 0.15) is 6.42 Å². The largest absolute Gasteiger partial charge is 0.356 e. The third-order valence-electron chi connectivity index (χ3n) is 1.40. The van der Waals surface area contributed by atoms with Crippen molar-refractivity contribution in [2.24, 2.45) is 0 Å². The average Bonchev–Trinajstić information content (AvgIpc) is 2.49. The van der Waals surface area contributed by atoms with Crippen molar-refractivity contribution in [1.29, 1.82) is 0 Å². The van der Waals surface area contributed by atoms with Crippen molar-refractivity contribution < 1.29 is 4.21 Å². The minimum atomic E-state index is -0.684. The molecular formula is C7H13N3OS. The number of nitrogens with one attached hydrogen (secondary N) is 2. The Labute approximate surface area is 74.2 Å². The molecule has 1 unspecified atom stereocenters. The summed E-state index contributed by atoms with van der Waals surface area (Å²) in [6.07, 6.45) is 6.08. The van der Waals surface area contributed by atoms with Gasteiger partial charge >= 0.3 is 0 Å². The van der Waals surface area contributed by atoms with E-state index in [0.29, 0.717) is 0 Å². The fraction of sp³-hybridized carbons (Fsp3) is 0.571. The molecule has 0 radical (unpaired) electrons. The van der Waals surface area contributed by atoms with E-state index in [9.17, 15) is 4.21 Å². The maximum Gasteiger partial charge on any atom is 0.200 e. The van der Waals surface area contributed by atoms with Gasteiger partial charge in [-0.2, -0.15) is 0 Å². The number of anilines is 1. The van der Waals surface area contributed by atoms with Gasteiger partial charge in [-0.3, -0.25) is 4.21 Å². The van der Waals surface area contributed by atoms with Gasteiger partial charge in [0.1, 0.15) is 0 Å². The number of hydrogen-bond acceptors (Lipinski definition) is 3. The summed E-state index contributed by atoms with van der Waals surface area (Å²) in [6, 6.07) is 0. The van der Waals surface area contributed by atoms with Crippen LogP contribution in [0.2, 0.25) is 0 Å². The van der Waals surface area contributed by atoms with Gasteiger partial charge in [0.2, 0.25) is 0 Å². The molecule has 0 aliphatic rings. The standard InChI is InChI=1S/C7H13N3OS/c1-12(11)6-2-3-8-7-9-4-5-10-7/h4-5H,2-3,6H2,1H3,(H2,8,9,10). The van der Waals surface area contributed by atoms with Gasteiger partial charge in [-0.15, -0.1) is 0 Å². The van der Waals surface area contributed by atoms with Gasteiger partial charge in [0.05, 0.1) is 0 Å². The highest BCUT2D eigenvalue weighted by atomic mass is 32.2. The number of aromatic amines is 1. The summed E-state index contributed by atoms with van der Waals surface area (Å²) in [4.78, 5) is 6.92. The first-order valence-electron chi connectivity index (χ1n) is 3.82. The molecule has 0 aliphatic carbocycles. The lowest BCUT2D eigenvalue weighted by atomic mass is 10.5. The highest BCUT2D eigenvalue weighted by molar-refractivity contribution is 7.84. The van der Waals surface area contributed by atoms with Gasteiger partial charge in [-0.05, 0) is 6.42 Å². The van der Waals surface area contributed by atoms with E-state index in [1.54, 1.807) is 18.6 Å². The molecule has 1 atom stereocenters. The molecule has 0 fully saturated rings. The number of aromatic nitrogens is 2. The first-order chi connectivity index (χ1) is 5.79. The SMILES string of the molecule is CS(=O)CCCNc1ncc[nH]1. The van der Waals surface area contributed by atoms with E-state index in [2.05, 4.69) is 15.3 Å². The molecule has 12 heavy (non-hydrogen) atoms. The molecule has 1 heterocycles. The van der Waals surface area contributed by atoms with Crippen molar-refractivity contribution in [2.75, 3.05) is 23.9 Å². The van der Waals surface area contributed by atoms with Crippen molar-refractivity contribution in [1.82, 2.24) is 9.97 Å². The van der Waals surface area contributed by atoms with E-state index < -0.39 is 10.8 Å². The lowest BCUT2D eigenvalue weighted by molar-refractivity contribution is 0.685. The smallest absolute Gasteiger partial charge is 0.200 e. The number of hydrogen-bond donors (Lipinski definition) is 2. The molecule has 0 aliphatic heterocycles. The van der Waals surface area contributed by atoms with Crippen LogP contribution in [-0.2, 0) is 10.8 Å². The Balaban J connectivity index is 2.07. The lowest BCUT2D eigenvalue weighted by Gasteiger charge is -2.00. The second kappa shape index (κ2) is 4.92. The van der Waals surface area contributed by atoms with Gasteiger partial charge in [0, 0.05) is 41.7 Å². The Hall–Kier alpha value is -0.840. The van der Waals surface area contributed by atoms with Crippen LogP contribution in [-0.4, -0.2) is 32.7 Å². The average molecular weight is 187 g/mol. The second-order valence-electron chi connectivity index (χ2n) is 2.50. The molecule has 0 amide bonds. The molecule has 1 aromatic rings. The predicted octanol–water partition coefficient (Wildman–Crippen LogP) is 0.590. The van der Waals surface area contributed by atoms with Crippen molar-refractivity contribution in [3.63, 3.8) is 0 Å². The van der Waals surface area contributed by atoms with Crippen LogP contribution in [0.4, 0.5) is 5.95 Å². The summed E-state index contributed by atoms with van der Waals surface area (Å²) in [5.74, 6) is 1.52. The van der Waals surface area contributed by atoms with Crippen LogP contribution in [0.25, 0.3) is 0 Å². The van der Waals surface area contributed by atoms with Crippen molar-refractivity contribution in [2.45, 2.75) is 6.42 Å². The lowest BCUT2D eigenvalue weighted by Crippen LogP contribution is -2.06. The Morgan fingerprint density at radius 3 is 3.17 bits per heavy atom. The molecule has 68 valence electrons. The van der Waals surface area contributed by atoms with Crippen molar-refractivity contribution in [3.05, 3.63) is 12.4 Å². The van der Waals surface area contributed by atoms with Crippen LogP contribution < -0.4 is 5.32 Å². The Kier molecular flexibility index (Phi) is 3.79. The summed E-state index contributed by atoms with van der Waals surface area (Å²) < 4.78 is 10.7. The molecule has 0 bridgehead atoms. The summed E-state index contributed by atoms with van der Waals surface area (Å²) >= 11 is 0. The Bertz CT molecular complexity index is 235. The van der Waals surface area contributed by atoms with Gasteiger partial charge in [0.15, 0.2) is 5.95 Å². The zero-order valence-corrected chi connectivity index (χ0v) is 7.86. The molecule has 0 saturated heterocycles. The Morgan fingerprint density at radius 1 is 1.75 bits per heavy atom. The summed E-state index contributed by atoms with van der Waals surface area (Å²) in [7, 11) is -0.684. The van der Waals surface area contributed by atoms with E-state index in [1.807, 2.05) is 0 Å². The third kappa shape index (κ3) is 3.52. The summed E-state index contributed by atoms with van der Waals surface area (Å²) in [6.45, 7) is 0.813. The fourth-order valence-corrected chi connectivity index (χ4v) is 1.40. The van der Waals surface area contributed by atoms with Crippen LogP contribution in [0.3, 0.4) is 0 Å². The van der Waals surface area contributed by atoms with Crippen LogP contribution in [0, 0.1) is 0 Å². The zero-order chi connectivity index (χ0) is 8.81. The van der Waals surface area contributed by atoms with E-state index in [0.717, 1.165) is 24.7 Å². The Morgan fingerprint density at radius 2 is 2.58 bits per heavy atom. The second-order valence-corrected chi connectivity index (χ2v) is 4.05. The first-order valence-corrected chi connectivity index (χ1v) is 5.55. The first kappa shape index (κ1) is 9.25. The monoisotopic (exact) mass is 187 g/mol. The fourth-order valence-electron chi connectivity index (χ4n) is 0.844. The highest BCUT2D eigenvalue weighted by Gasteiger charge is 1.93. The molecule has 1 rings (SSSR count). The van der Waals surface area contributed by atoms with Crippen LogP contribution in [0.15, 0.2) is 12.4 Å². The van der Waals surface area contributed by atoms with Crippen molar-refractivity contribution >= 4 is 16.7 Å². The number of rotatable bonds is 5. The van der Waals surface area contributed by atoms with E-state index in [-0.39, 0.29) is 0 Å². The minimum Gasteiger partial charge on any atom is -0.356 e. The van der Waals surface area contributed by atoms with Gasteiger partial charge < -0.3 is 10.3 Å². The molecule has 0 aromatic carbocycles. The number of nitrogens with zero attached hydrogens (tertiary/aromatic N) is 1. The zero-order valence-electron chi connectivity index (χ0n) is 7.04. The quantitative estimate of drug-likeness (QED) is 0.663. The molecule has 0 spiro atoms. The molecular weight excluding hydrogens is 174 g/mol. The predicted molar refractivity (Wildman–Crippen MR) is 50.6 cm³/mol. The van der Waals surface area contributed by atoms with Crippen LogP contribution in [0.5, 0.6) is 0 Å². The maximum absolute atomic E-state index is 10.7. The minimum absolute atomic E-state index is 0.684. The van der Waals surface area contributed by atoms with Gasteiger partial charge in [-0.25, -0.2) is 4.98 Å². The molecule has 4 nitrogen and oxygen atoms in total. The van der Waals surface area contributed by atoms with Gasteiger partial charge in [0.25, 0.3) is 0 Å². The third-order valence-corrected chi connectivity index (χ3v) is 2.26. The normalized spacial score (nSPS) is 12.8.